The molecule has 5 nitrogen and oxygen atoms in total. The first-order valence-electron chi connectivity index (χ1n) is 5.83. The molecule has 90 valence electrons. The zero-order chi connectivity index (χ0) is 11.5. The summed E-state index contributed by atoms with van der Waals surface area (Å²) in [5, 5.41) is 2.95. The third-order valence-corrected chi connectivity index (χ3v) is 3.20. The number of carbonyl (C=O) groups is 2. The van der Waals surface area contributed by atoms with Gasteiger partial charge in [0.05, 0.1) is 0 Å². The molecule has 16 heavy (non-hydrogen) atoms. The van der Waals surface area contributed by atoms with Crippen molar-refractivity contribution in [3.8, 4) is 0 Å². The molecule has 1 N–H and O–H groups in total. The first-order chi connectivity index (χ1) is 7.66. The van der Waals surface area contributed by atoms with Crippen molar-refractivity contribution in [2.24, 2.45) is 0 Å². The smallest absolute Gasteiger partial charge is 0.249 e. The van der Waals surface area contributed by atoms with Crippen LogP contribution >= 0.6 is 0 Å². The molecular weight excluding hydrogens is 208 g/mol. The lowest BCUT2D eigenvalue weighted by molar-refractivity contribution is -0.136. The van der Waals surface area contributed by atoms with Gasteiger partial charge in [-0.1, -0.05) is 0 Å². The van der Waals surface area contributed by atoms with E-state index in [1.807, 2.05) is 0 Å². The fraction of sp³-hybridized carbons (Fsp3) is 0.818. The summed E-state index contributed by atoms with van der Waals surface area (Å²) >= 11 is 0. The molecule has 0 spiro atoms. The lowest BCUT2D eigenvalue weighted by atomic mass is 10.1. The maximum absolute atomic E-state index is 11.8. The summed E-state index contributed by atoms with van der Waals surface area (Å²) in [5.41, 5.74) is 0. The molecule has 2 rings (SSSR count). The molecule has 0 aromatic heterocycles. The maximum atomic E-state index is 11.8. The minimum absolute atomic E-state index is 0.0229. The Morgan fingerprint density at radius 3 is 2.94 bits per heavy atom. The molecule has 0 radical (unpaired) electrons. The van der Waals surface area contributed by atoms with Crippen LogP contribution < -0.4 is 5.32 Å². The molecule has 2 saturated heterocycles. The van der Waals surface area contributed by atoms with Crippen molar-refractivity contribution >= 4 is 11.8 Å². The molecule has 2 atom stereocenters. The number of piperidine rings is 1. The van der Waals surface area contributed by atoms with Gasteiger partial charge in [-0.15, -0.1) is 0 Å². The van der Waals surface area contributed by atoms with Gasteiger partial charge in [0.25, 0.3) is 0 Å². The summed E-state index contributed by atoms with van der Waals surface area (Å²) in [7, 11) is 1.77. The summed E-state index contributed by atoms with van der Waals surface area (Å²) in [4.78, 5) is 24.7. The van der Waals surface area contributed by atoms with Gasteiger partial charge < -0.3 is 15.0 Å². The van der Waals surface area contributed by atoms with E-state index in [4.69, 9.17) is 4.74 Å². The summed E-state index contributed by atoms with van der Waals surface area (Å²) in [6, 6.07) is 0.0828. The number of ether oxygens (including phenoxy) is 1. The number of carbonyl (C=O) groups excluding carboxylic acids is 2. The van der Waals surface area contributed by atoms with Crippen molar-refractivity contribution in [2.45, 2.75) is 37.8 Å². The van der Waals surface area contributed by atoms with Gasteiger partial charge in [-0.25, -0.2) is 0 Å². The van der Waals surface area contributed by atoms with Crippen molar-refractivity contribution in [1.29, 1.82) is 0 Å². The van der Waals surface area contributed by atoms with Crippen molar-refractivity contribution < 1.29 is 14.3 Å². The molecule has 0 saturated carbocycles. The van der Waals surface area contributed by atoms with Gasteiger partial charge in [-0.3, -0.25) is 9.59 Å². The van der Waals surface area contributed by atoms with Crippen LogP contribution in [-0.2, 0) is 14.3 Å². The second-order valence-corrected chi connectivity index (χ2v) is 4.52. The van der Waals surface area contributed by atoms with Crippen LogP contribution in [0.25, 0.3) is 0 Å². The van der Waals surface area contributed by atoms with E-state index in [2.05, 4.69) is 5.32 Å². The lowest BCUT2D eigenvalue weighted by Gasteiger charge is -2.30. The van der Waals surface area contributed by atoms with Gasteiger partial charge in [0.2, 0.25) is 11.8 Å². The van der Waals surface area contributed by atoms with E-state index in [0.29, 0.717) is 19.6 Å². The molecule has 0 bridgehead atoms. The maximum Gasteiger partial charge on any atom is 0.249 e. The number of nitrogens with one attached hydrogen (secondary N) is 1. The van der Waals surface area contributed by atoms with E-state index in [0.717, 1.165) is 19.3 Å². The lowest BCUT2D eigenvalue weighted by Crippen LogP contribution is -2.50. The summed E-state index contributed by atoms with van der Waals surface area (Å²) < 4.78 is 5.31. The number of hydrogen-bond acceptors (Lipinski definition) is 3. The Morgan fingerprint density at radius 2 is 2.31 bits per heavy atom. The Morgan fingerprint density at radius 1 is 1.50 bits per heavy atom. The van der Waals surface area contributed by atoms with Crippen LogP contribution in [0.3, 0.4) is 0 Å². The Balaban J connectivity index is 1.80. The topological polar surface area (TPSA) is 58.6 Å². The minimum Gasteiger partial charge on any atom is -0.368 e. The molecule has 0 aliphatic carbocycles. The second-order valence-electron chi connectivity index (χ2n) is 4.52. The van der Waals surface area contributed by atoms with Gasteiger partial charge in [-0.2, -0.15) is 0 Å². The number of hydrogen-bond donors (Lipinski definition) is 1. The predicted octanol–water partition coefficient (Wildman–Crippen LogP) is -0.0976. The number of likely N-dealkylation sites (N-methyl/N-ethyl adjacent to an activating group) is 1. The molecule has 2 amide bonds. The van der Waals surface area contributed by atoms with E-state index in [1.54, 1.807) is 11.9 Å². The largest absolute Gasteiger partial charge is 0.368 e. The first-order valence-corrected chi connectivity index (χ1v) is 5.83. The standard InChI is InChI=1S/C11H18N2O3/c1-13-7-8(4-5-10(13)14)12-11(15)9-3-2-6-16-9/h8-9H,2-7H2,1H3,(H,12,15). The van der Waals surface area contributed by atoms with E-state index >= 15 is 0 Å². The zero-order valence-electron chi connectivity index (χ0n) is 9.57. The molecule has 2 unspecified atom stereocenters. The fourth-order valence-corrected chi connectivity index (χ4v) is 2.21. The van der Waals surface area contributed by atoms with E-state index in [-0.39, 0.29) is 24.0 Å². The van der Waals surface area contributed by atoms with E-state index in [1.165, 1.54) is 0 Å². The number of likely N-dealkylation sites (tertiary alicyclic amines) is 1. The SMILES string of the molecule is CN1CC(NC(=O)C2CCCO2)CCC1=O. The molecule has 2 aliphatic heterocycles. The molecule has 2 heterocycles. The average Bonchev–Trinajstić information content (AvgIpc) is 2.77. The van der Waals surface area contributed by atoms with Crippen LogP contribution in [0.2, 0.25) is 0 Å². The third kappa shape index (κ3) is 2.52. The Labute approximate surface area is 95.1 Å². The minimum atomic E-state index is -0.275. The van der Waals surface area contributed by atoms with Crippen LogP contribution in [0.15, 0.2) is 0 Å². The summed E-state index contributed by atoms with van der Waals surface area (Å²) in [6.07, 6.45) is 2.76. The molecule has 0 aromatic carbocycles. The first kappa shape index (κ1) is 11.4. The Bertz CT molecular complexity index is 287. The van der Waals surface area contributed by atoms with Crippen molar-refractivity contribution in [2.75, 3.05) is 20.2 Å². The molecule has 0 aromatic rings. The van der Waals surface area contributed by atoms with E-state index < -0.39 is 0 Å². The molecular formula is C11H18N2O3. The predicted molar refractivity (Wildman–Crippen MR) is 57.8 cm³/mol. The fourth-order valence-electron chi connectivity index (χ4n) is 2.21. The number of nitrogens with zero attached hydrogens (tertiary/aromatic N) is 1. The summed E-state index contributed by atoms with van der Waals surface area (Å²) in [5.74, 6) is 0.132. The average molecular weight is 226 g/mol. The number of amides is 2. The highest BCUT2D eigenvalue weighted by atomic mass is 16.5. The highest BCUT2D eigenvalue weighted by molar-refractivity contribution is 5.82. The van der Waals surface area contributed by atoms with Crippen LogP contribution in [0.1, 0.15) is 25.7 Å². The normalized spacial score (nSPS) is 30.6. The van der Waals surface area contributed by atoms with Gasteiger partial charge in [0.1, 0.15) is 6.10 Å². The third-order valence-electron chi connectivity index (χ3n) is 3.20. The molecule has 2 fully saturated rings. The monoisotopic (exact) mass is 226 g/mol. The Kier molecular flexibility index (Phi) is 3.43. The number of rotatable bonds is 2. The molecule has 2 aliphatic rings. The highest BCUT2D eigenvalue weighted by Gasteiger charge is 2.28. The van der Waals surface area contributed by atoms with E-state index in [9.17, 15) is 9.59 Å². The zero-order valence-corrected chi connectivity index (χ0v) is 9.57. The van der Waals surface area contributed by atoms with Gasteiger partial charge in [0, 0.05) is 32.7 Å². The van der Waals surface area contributed by atoms with Gasteiger partial charge >= 0.3 is 0 Å². The second kappa shape index (κ2) is 4.82. The van der Waals surface area contributed by atoms with Crippen molar-refractivity contribution in [1.82, 2.24) is 10.2 Å². The molecule has 5 heteroatoms. The quantitative estimate of drug-likeness (QED) is 0.715. The van der Waals surface area contributed by atoms with Gasteiger partial charge in [-0.05, 0) is 19.3 Å². The van der Waals surface area contributed by atoms with Crippen LogP contribution in [0.4, 0.5) is 0 Å². The van der Waals surface area contributed by atoms with Crippen LogP contribution in [0, 0.1) is 0 Å². The van der Waals surface area contributed by atoms with Gasteiger partial charge in [0.15, 0.2) is 0 Å². The highest BCUT2D eigenvalue weighted by Crippen LogP contribution is 2.14. The van der Waals surface area contributed by atoms with Crippen molar-refractivity contribution in [3.63, 3.8) is 0 Å². The Hall–Kier alpha value is -1.10. The van der Waals surface area contributed by atoms with Crippen LogP contribution in [0.5, 0.6) is 0 Å². The van der Waals surface area contributed by atoms with Crippen LogP contribution in [-0.4, -0.2) is 49.1 Å². The van der Waals surface area contributed by atoms with Crippen molar-refractivity contribution in [3.05, 3.63) is 0 Å². The summed E-state index contributed by atoms with van der Waals surface area (Å²) in [6.45, 7) is 1.29.